The SMILES string of the molecule is Cn1nccc1C1=C(c2ccc(-c3ccc(-c4cnc([C@@H]5CCCN5C(=O)OC(C)(C)C)[nH]4)cc3)cc2)CC([C@@H]2CCCN2C(=O)OC(C)(C)C)=N1. The molecule has 11 heteroatoms. The number of hydrogen-bond donors (Lipinski definition) is 1. The molecule has 272 valence electrons. The normalized spacial score (nSPS) is 19.4. The third kappa shape index (κ3) is 7.40. The number of carbonyl (C=O) groups is 2. The molecule has 2 saturated heterocycles. The maximum Gasteiger partial charge on any atom is 0.410 e. The quantitative estimate of drug-likeness (QED) is 0.215. The second-order valence-electron chi connectivity index (χ2n) is 15.9. The summed E-state index contributed by atoms with van der Waals surface area (Å²) in [5, 5.41) is 4.42. The first-order valence-corrected chi connectivity index (χ1v) is 18.3. The molecule has 52 heavy (non-hydrogen) atoms. The number of likely N-dealkylation sites (tertiary alicyclic amines) is 2. The lowest BCUT2D eigenvalue weighted by molar-refractivity contribution is 0.0216. The van der Waals surface area contributed by atoms with Crippen LogP contribution in [0.4, 0.5) is 9.59 Å². The van der Waals surface area contributed by atoms with E-state index < -0.39 is 11.2 Å². The third-order valence-electron chi connectivity index (χ3n) is 9.78. The number of aliphatic imine (C=N–C) groups is 1. The van der Waals surface area contributed by atoms with E-state index in [0.717, 1.165) is 82.1 Å². The Morgan fingerprint density at radius 1 is 0.750 bits per heavy atom. The van der Waals surface area contributed by atoms with Crippen LogP contribution in [0.5, 0.6) is 0 Å². The van der Waals surface area contributed by atoms with Crippen molar-refractivity contribution in [2.45, 2.75) is 96.9 Å². The Hall–Kier alpha value is -5.19. The van der Waals surface area contributed by atoms with Crippen LogP contribution in [-0.2, 0) is 16.5 Å². The van der Waals surface area contributed by atoms with Gasteiger partial charge in [0.05, 0.1) is 35.4 Å². The average molecular weight is 704 g/mol. The van der Waals surface area contributed by atoms with Crippen molar-refractivity contribution in [2.75, 3.05) is 13.1 Å². The molecule has 0 aliphatic carbocycles. The highest BCUT2D eigenvalue weighted by molar-refractivity contribution is 6.12. The minimum absolute atomic E-state index is 0.0959. The largest absolute Gasteiger partial charge is 0.444 e. The summed E-state index contributed by atoms with van der Waals surface area (Å²) in [5.74, 6) is 0.780. The molecular weight excluding hydrogens is 654 g/mol. The predicted octanol–water partition coefficient (Wildman–Crippen LogP) is 8.66. The molecule has 5 heterocycles. The van der Waals surface area contributed by atoms with E-state index in [1.54, 1.807) is 11.1 Å². The summed E-state index contributed by atoms with van der Waals surface area (Å²) < 4.78 is 13.3. The molecule has 4 aromatic rings. The standard InChI is InChI=1S/C41H49N7O4/c1-40(2,3)51-38(49)47-22-8-10-33(47)31-24-30(36(44-31)34-20-21-43-46(34)7)28-16-12-26(13-17-28)27-14-18-29(19-15-27)32-25-42-37(45-32)35-11-9-23-48(35)39(50)52-41(4,5)6/h12-21,25,33,35H,8-11,22-24H2,1-7H3,(H,42,45)/t33-,35-/m0/s1. The van der Waals surface area contributed by atoms with Gasteiger partial charge in [0.25, 0.3) is 0 Å². The molecular formula is C41H49N7O4. The van der Waals surface area contributed by atoms with Crippen LogP contribution < -0.4 is 0 Å². The Labute approximate surface area is 305 Å². The second kappa shape index (κ2) is 13.7. The first-order chi connectivity index (χ1) is 24.7. The Bertz CT molecular complexity index is 2010. The molecule has 0 unspecified atom stereocenters. The molecule has 0 radical (unpaired) electrons. The number of aromatic amines is 1. The first kappa shape index (κ1) is 35.2. The van der Waals surface area contributed by atoms with Gasteiger partial charge in [-0.25, -0.2) is 14.6 Å². The summed E-state index contributed by atoms with van der Waals surface area (Å²) in [7, 11) is 1.93. The van der Waals surface area contributed by atoms with E-state index in [1.165, 1.54) is 0 Å². The lowest BCUT2D eigenvalue weighted by atomic mass is 9.94. The molecule has 3 aliphatic heterocycles. The van der Waals surface area contributed by atoms with Crippen LogP contribution in [0.15, 0.2) is 72.0 Å². The van der Waals surface area contributed by atoms with Gasteiger partial charge in [0.1, 0.15) is 17.0 Å². The highest BCUT2D eigenvalue weighted by atomic mass is 16.6. The molecule has 2 aromatic carbocycles. The molecule has 0 spiro atoms. The van der Waals surface area contributed by atoms with E-state index in [-0.39, 0.29) is 24.3 Å². The predicted molar refractivity (Wildman–Crippen MR) is 202 cm³/mol. The number of H-pyrrole nitrogens is 1. The number of imidazole rings is 1. The minimum Gasteiger partial charge on any atom is -0.444 e. The van der Waals surface area contributed by atoms with Gasteiger partial charge in [0.2, 0.25) is 0 Å². The van der Waals surface area contributed by atoms with Crippen LogP contribution in [0.2, 0.25) is 0 Å². The first-order valence-electron chi connectivity index (χ1n) is 18.3. The number of carbonyl (C=O) groups excluding carboxylic acids is 2. The lowest BCUT2D eigenvalue weighted by Crippen LogP contribution is -2.43. The number of nitrogens with zero attached hydrogens (tertiary/aromatic N) is 6. The van der Waals surface area contributed by atoms with Crippen molar-refractivity contribution in [2.24, 2.45) is 12.0 Å². The molecule has 0 saturated carbocycles. The fourth-order valence-electron chi connectivity index (χ4n) is 7.37. The van der Waals surface area contributed by atoms with E-state index in [1.807, 2.05) is 70.4 Å². The number of aryl methyl sites for hydroxylation is 1. The summed E-state index contributed by atoms with van der Waals surface area (Å²) in [6, 6.07) is 18.8. The van der Waals surface area contributed by atoms with E-state index in [0.29, 0.717) is 19.5 Å². The number of ether oxygens (including phenoxy) is 2. The molecule has 2 amide bonds. The van der Waals surface area contributed by atoms with Crippen molar-refractivity contribution in [3.8, 4) is 22.4 Å². The minimum atomic E-state index is -0.558. The maximum atomic E-state index is 13.1. The van der Waals surface area contributed by atoms with Crippen molar-refractivity contribution < 1.29 is 19.1 Å². The summed E-state index contributed by atoms with van der Waals surface area (Å²) >= 11 is 0. The van der Waals surface area contributed by atoms with Crippen LogP contribution >= 0.6 is 0 Å². The molecule has 2 aromatic heterocycles. The van der Waals surface area contributed by atoms with E-state index in [9.17, 15) is 9.59 Å². The number of amides is 2. The van der Waals surface area contributed by atoms with E-state index in [2.05, 4.69) is 63.6 Å². The van der Waals surface area contributed by atoms with Crippen LogP contribution in [0, 0.1) is 0 Å². The Kier molecular flexibility index (Phi) is 9.31. The number of nitrogens with one attached hydrogen (secondary N) is 1. The van der Waals surface area contributed by atoms with Gasteiger partial charge in [0, 0.05) is 38.5 Å². The van der Waals surface area contributed by atoms with Crippen LogP contribution in [0.25, 0.3) is 33.7 Å². The summed E-state index contributed by atoms with van der Waals surface area (Å²) in [6.07, 6.45) is 7.25. The fraction of sp³-hybridized carbons (Fsp3) is 0.439. The monoisotopic (exact) mass is 703 g/mol. The second-order valence-corrected chi connectivity index (χ2v) is 15.9. The fourth-order valence-corrected chi connectivity index (χ4v) is 7.37. The van der Waals surface area contributed by atoms with Crippen molar-refractivity contribution in [1.82, 2.24) is 29.5 Å². The highest BCUT2D eigenvalue weighted by Gasteiger charge is 2.38. The van der Waals surface area contributed by atoms with Gasteiger partial charge < -0.3 is 14.5 Å². The Morgan fingerprint density at radius 3 is 1.85 bits per heavy atom. The van der Waals surface area contributed by atoms with Gasteiger partial charge in [-0.1, -0.05) is 48.5 Å². The third-order valence-corrected chi connectivity index (χ3v) is 9.78. The number of allylic oxidation sites excluding steroid dienone is 1. The van der Waals surface area contributed by atoms with Gasteiger partial charge in [-0.15, -0.1) is 0 Å². The molecule has 7 rings (SSSR count). The summed E-state index contributed by atoms with van der Waals surface area (Å²) in [4.78, 5) is 42.9. The smallest absolute Gasteiger partial charge is 0.410 e. The van der Waals surface area contributed by atoms with Gasteiger partial charge in [-0.2, -0.15) is 5.10 Å². The number of aromatic nitrogens is 4. The van der Waals surface area contributed by atoms with E-state index >= 15 is 0 Å². The van der Waals surface area contributed by atoms with Gasteiger partial charge in [0.15, 0.2) is 0 Å². The molecule has 2 fully saturated rings. The Balaban J connectivity index is 1.07. The summed E-state index contributed by atoms with van der Waals surface area (Å²) in [6.45, 7) is 12.7. The van der Waals surface area contributed by atoms with Crippen molar-refractivity contribution in [3.05, 3.63) is 84.1 Å². The Morgan fingerprint density at radius 2 is 1.29 bits per heavy atom. The van der Waals surface area contributed by atoms with Crippen LogP contribution in [-0.4, -0.2) is 77.8 Å². The van der Waals surface area contributed by atoms with Crippen molar-refractivity contribution >= 4 is 29.2 Å². The van der Waals surface area contributed by atoms with Gasteiger partial charge in [-0.05, 0) is 101 Å². The van der Waals surface area contributed by atoms with Crippen LogP contribution in [0.3, 0.4) is 0 Å². The number of hydrogen-bond acceptors (Lipinski definition) is 7. The van der Waals surface area contributed by atoms with Gasteiger partial charge >= 0.3 is 12.2 Å². The molecule has 1 N–H and O–H groups in total. The van der Waals surface area contributed by atoms with E-state index in [4.69, 9.17) is 14.5 Å². The van der Waals surface area contributed by atoms with Crippen molar-refractivity contribution in [1.29, 1.82) is 0 Å². The van der Waals surface area contributed by atoms with Crippen LogP contribution in [0.1, 0.15) is 96.8 Å². The van der Waals surface area contributed by atoms with Crippen molar-refractivity contribution in [3.63, 3.8) is 0 Å². The molecule has 3 aliphatic rings. The molecule has 0 bridgehead atoms. The topological polar surface area (TPSA) is 118 Å². The highest BCUT2D eigenvalue weighted by Crippen LogP contribution is 2.39. The zero-order valence-corrected chi connectivity index (χ0v) is 31.3. The zero-order chi connectivity index (χ0) is 36.8. The molecule has 11 nitrogen and oxygen atoms in total. The zero-order valence-electron chi connectivity index (χ0n) is 31.3. The number of benzene rings is 2. The number of rotatable bonds is 6. The summed E-state index contributed by atoms with van der Waals surface area (Å²) in [5.41, 5.74) is 8.08. The maximum absolute atomic E-state index is 13.1. The molecule has 2 atom stereocenters. The lowest BCUT2D eigenvalue weighted by Gasteiger charge is -2.28. The van der Waals surface area contributed by atoms with Gasteiger partial charge in [-0.3, -0.25) is 19.5 Å². The average Bonchev–Trinajstić information content (AvgIpc) is 3.92.